The molecule has 0 aromatic heterocycles. The van der Waals surface area contributed by atoms with Gasteiger partial charge in [-0.2, -0.15) is 0 Å². The maximum absolute atomic E-state index is 13.9. The largest absolute Gasteiger partial charge is 0.456 e. The standard InChI is InChI=1S/C17H16NO2P/c1-12(2)18-13(3)21(19)16-10-6-4-8-14(16)20-15-9-5-7-11-17(15)21/h4-11H,1H2,2-3H3/b18-13+. The van der Waals surface area contributed by atoms with Crippen LogP contribution in [0.1, 0.15) is 13.8 Å². The third-order valence-electron chi connectivity index (χ3n) is 3.44. The third kappa shape index (κ3) is 2.14. The fourth-order valence-electron chi connectivity index (χ4n) is 2.55. The molecule has 2 aromatic carbocycles. The highest BCUT2D eigenvalue weighted by atomic mass is 31.2. The Morgan fingerprint density at radius 3 is 1.95 bits per heavy atom. The van der Waals surface area contributed by atoms with Crippen molar-refractivity contribution in [2.75, 3.05) is 0 Å². The minimum absolute atomic E-state index is 0.582. The van der Waals surface area contributed by atoms with E-state index in [2.05, 4.69) is 11.6 Å². The van der Waals surface area contributed by atoms with Crippen LogP contribution in [0.4, 0.5) is 0 Å². The first-order valence-corrected chi connectivity index (χ1v) is 8.42. The van der Waals surface area contributed by atoms with Crippen LogP contribution in [0.5, 0.6) is 11.5 Å². The number of fused-ring (bicyclic) bond motifs is 2. The molecule has 1 aliphatic heterocycles. The molecule has 3 rings (SSSR count). The Hall–Kier alpha value is -2.12. The van der Waals surface area contributed by atoms with Gasteiger partial charge in [-0.15, -0.1) is 0 Å². The number of nitrogens with zero attached hydrogens (tertiary/aromatic N) is 1. The lowest BCUT2D eigenvalue weighted by Crippen LogP contribution is -2.27. The normalized spacial score (nSPS) is 15.6. The van der Waals surface area contributed by atoms with Gasteiger partial charge in [0.05, 0.1) is 16.1 Å². The molecule has 3 nitrogen and oxygen atoms in total. The zero-order valence-corrected chi connectivity index (χ0v) is 12.9. The Morgan fingerprint density at radius 2 is 1.48 bits per heavy atom. The molecule has 0 amide bonds. The lowest BCUT2D eigenvalue weighted by molar-refractivity contribution is 0.485. The first-order chi connectivity index (χ1) is 10.0. The van der Waals surface area contributed by atoms with Crippen LogP contribution in [-0.4, -0.2) is 5.45 Å². The van der Waals surface area contributed by atoms with E-state index < -0.39 is 7.14 Å². The van der Waals surface area contributed by atoms with Gasteiger partial charge in [-0.1, -0.05) is 30.8 Å². The molecule has 0 unspecified atom stereocenters. The number of hydrogen-bond donors (Lipinski definition) is 0. The van der Waals surface area contributed by atoms with Crippen LogP contribution in [-0.2, 0) is 4.57 Å². The predicted octanol–water partition coefficient (Wildman–Crippen LogP) is 4.06. The molecule has 0 fully saturated rings. The average Bonchev–Trinajstić information content (AvgIpc) is 2.47. The fourth-order valence-corrected chi connectivity index (χ4v) is 5.27. The molecular formula is C17H16NO2P. The topological polar surface area (TPSA) is 38.7 Å². The van der Waals surface area contributed by atoms with Crippen molar-refractivity contribution in [3.63, 3.8) is 0 Å². The van der Waals surface area contributed by atoms with Gasteiger partial charge >= 0.3 is 0 Å². The van der Waals surface area contributed by atoms with Crippen molar-refractivity contribution >= 4 is 23.2 Å². The summed E-state index contributed by atoms with van der Waals surface area (Å²) in [5.41, 5.74) is 1.22. The molecule has 1 aliphatic rings. The number of aliphatic imine (C=N–C) groups is 1. The van der Waals surface area contributed by atoms with Crippen LogP contribution >= 0.6 is 7.14 Å². The van der Waals surface area contributed by atoms with Crippen LogP contribution in [0.25, 0.3) is 0 Å². The van der Waals surface area contributed by atoms with Gasteiger partial charge in [-0.25, -0.2) is 0 Å². The summed E-state index contributed by atoms with van der Waals surface area (Å²) in [6.45, 7) is 7.39. The van der Waals surface area contributed by atoms with E-state index in [4.69, 9.17) is 4.74 Å². The Kier molecular flexibility index (Phi) is 3.30. The SMILES string of the molecule is C=C(C)/N=C(\C)P1(=O)c2ccccc2Oc2ccccc21. The lowest BCUT2D eigenvalue weighted by Gasteiger charge is -2.28. The zero-order valence-electron chi connectivity index (χ0n) is 12.0. The average molecular weight is 297 g/mol. The predicted molar refractivity (Wildman–Crippen MR) is 87.8 cm³/mol. The molecule has 21 heavy (non-hydrogen) atoms. The van der Waals surface area contributed by atoms with E-state index in [1.165, 1.54) is 0 Å². The van der Waals surface area contributed by atoms with Gasteiger partial charge in [0.2, 0.25) is 0 Å². The van der Waals surface area contributed by atoms with Gasteiger partial charge < -0.3 is 9.30 Å². The highest BCUT2D eigenvalue weighted by Crippen LogP contribution is 2.53. The van der Waals surface area contributed by atoms with Crippen molar-refractivity contribution in [2.45, 2.75) is 13.8 Å². The van der Waals surface area contributed by atoms with Crippen molar-refractivity contribution in [1.82, 2.24) is 0 Å². The Bertz CT molecular complexity index is 758. The summed E-state index contributed by atoms with van der Waals surface area (Å²) >= 11 is 0. The molecule has 1 heterocycles. The molecule has 106 valence electrons. The number of hydrogen-bond acceptors (Lipinski definition) is 3. The summed E-state index contributed by atoms with van der Waals surface area (Å²) in [5, 5.41) is 1.40. The molecule has 0 radical (unpaired) electrons. The molecule has 0 saturated carbocycles. The van der Waals surface area contributed by atoms with Crippen LogP contribution in [0, 0.1) is 0 Å². The second kappa shape index (κ2) is 5.01. The first-order valence-electron chi connectivity index (χ1n) is 6.72. The van der Waals surface area contributed by atoms with Crippen molar-refractivity contribution in [1.29, 1.82) is 0 Å². The second-order valence-electron chi connectivity index (χ2n) is 5.04. The smallest absolute Gasteiger partial charge is 0.191 e. The van der Waals surface area contributed by atoms with Crippen molar-refractivity contribution in [3.05, 3.63) is 60.8 Å². The number of rotatable bonds is 2. The van der Waals surface area contributed by atoms with E-state index >= 15 is 0 Å². The molecule has 0 atom stereocenters. The minimum atomic E-state index is -2.97. The zero-order chi connectivity index (χ0) is 15.0. The van der Waals surface area contributed by atoms with Gasteiger partial charge in [-0.3, -0.25) is 4.99 Å². The van der Waals surface area contributed by atoms with E-state index in [9.17, 15) is 4.57 Å². The summed E-state index contributed by atoms with van der Waals surface area (Å²) in [4.78, 5) is 4.37. The number of ether oxygens (including phenoxy) is 1. The quantitative estimate of drug-likeness (QED) is 0.619. The summed E-state index contributed by atoms with van der Waals surface area (Å²) in [7, 11) is -2.97. The first kappa shape index (κ1) is 13.8. The molecular weight excluding hydrogens is 281 g/mol. The highest BCUT2D eigenvalue weighted by molar-refractivity contribution is 7.93. The molecule has 2 aromatic rings. The van der Waals surface area contributed by atoms with Gasteiger partial charge in [0.25, 0.3) is 0 Å². The van der Waals surface area contributed by atoms with Gasteiger partial charge in [0.1, 0.15) is 11.5 Å². The van der Waals surface area contributed by atoms with Crippen LogP contribution in [0.3, 0.4) is 0 Å². The molecule has 0 aliphatic carbocycles. The summed E-state index contributed by atoms with van der Waals surface area (Å²) < 4.78 is 19.7. The fraction of sp³-hybridized carbons (Fsp3) is 0.118. The molecule has 0 bridgehead atoms. The van der Waals surface area contributed by atoms with E-state index in [1.54, 1.807) is 13.8 Å². The summed E-state index contributed by atoms with van der Waals surface area (Å²) in [6.07, 6.45) is 0. The van der Waals surface area contributed by atoms with Crippen LogP contribution in [0.2, 0.25) is 0 Å². The summed E-state index contributed by atoms with van der Waals surface area (Å²) in [5.74, 6) is 1.27. The molecule has 0 N–H and O–H groups in total. The molecule has 4 heteroatoms. The Morgan fingerprint density at radius 1 is 1.00 bits per heavy atom. The Balaban J connectivity index is 2.34. The Labute approximate surface area is 124 Å². The van der Waals surface area contributed by atoms with E-state index in [0.717, 1.165) is 0 Å². The third-order valence-corrected chi connectivity index (χ3v) is 6.54. The van der Waals surface area contributed by atoms with Crippen LogP contribution < -0.4 is 15.3 Å². The van der Waals surface area contributed by atoms with Crippen molar-refractivity contribution in [3.8, 4) is 11.5 Å². The van der Waals surface area contributed by atoms with Crippen molar-refractivity contribution < 1.29 is 9.30 Å². The number of allylic oxidation sites excluding steroid dienone is 1. The van der Waals surface area contributed by atoms with Gasteiger partial charge in [-0.05, 0) is 38.1 Å². The van der Waals surface area contributed by atoms with Crippen LogP contribution in [0.15, 0.2) is 65.8 Å². The highest BCUT2D eigenvalue weighted by Gasteiger charge is 2.39. The van der Waals surface area contributed by atoms with E-state index in [1.807, 2.05) is 48.5 Å². The lowest BCUT2D eigenvalue weighted by atomic mass is 10.3. The second-order valence-corrected chi connectivity index (χ2v) is 7.87. The van der Waals surface area contributed by atoms with E-state index in [0.29, 0.717) is 33.3 Å². The maximum Gasteiger partial charge on any atom is 0.191 e. The number of benzene rings is 2. The van der Waals surface area contributed by atoms with Gasteiger partial charge in [0.15, 0.2) is 7.14 Å². The summed E-state index contributed by atoms with van der Waals surface area (Å²) in [6, 6.07) is 14.9. The molecule has 0 saturated heterocycles. The van der Waals surface area contributed by atoms with Crippen molar-refractivity contribution in [2.24, 2.45) is 4.99 Å². The van der Waals surface area contributed by atoms with Gasteiger partial charge in [0, 0.05) is 5.70 Å². The number of para-hydroxylation sites is 2. The maximum atomic E-state index is 13.9. The monoisotopic (exact) mass is 297 g/mol. The molecule has 0 spiro atoms. The van der Waals surface area contributed by atoms with E-state index in [-0.39, 0.29) is 0 Å². The minimum Gasteiger partial charge on any atom is -0.456 e.